The highest BCUT2D eigenvalue weighted by atomic mass is 35.5. The van der Waals surface area contributed by atoms with E-state index in [-0.39, 0.29) is 15.2 Å². The summed E-state index contributed by atoms with van der Waals surface area (Å²) in [5, 5.41) is 1.82. The average Bonchev–Trinajstić information content (AvgIpc) is 2.72. The van der Waals surface area contributed by atoms with Crippen LogP contribution in [0.15, 0.2) is 41.0 Å². The van der Waals surface area contributed by atoms with Gasteiger partial charge in [-0.3, -0.25) is 14.7 Å². The Morgan fingerprint density at radius 1 is 1.00 bits per heavy atom. The quantitative estimate of drug-likeness (QED) is 0.221. The first-order valence-corrected chi connectivity index (χ1v) is 12.3. The lowest BCUT2D eigenvalue weighted by Gasteiger charge is -2.12. The molecule has 0 radical (unpaired) electrons. The van der Waals surface area contributed by atoms with Gasteiger partial charge in [0.1, 0.15) is 11.4 Å². The first kappa shape index (κ1) is 30.5. The van der Waals surface area contributed by atoms with Crippen LogP contribution in [0.1, 0.15) is 46.9 Å². The van der Waals surface area contributed by atoms with Crippen molar-refractivity contribution in [3.63, 3.8) is 0 Å². The first-order valence-electron chi connectivity index (χ1n) is 8.65. The highest BCUT2D eigenvalue weighted by molar-refractivity contribution is 7.98. The minimum atomic E-state index is -3.45. The smallest absolute Gasteiger partial charge is 0.269 e. The van der Waals surface area contributed by atoms with E-state index in [0.717, 1.165) is 11.1 Å². The highest BCUT2D eigenvalue weighted by Crippen LogP contribution is 2.33. The third kappa shape index (κ3) is 9.57. The van der Waals surface area contributed by atoms with Gasteiger partial charge in [0.25, 0.3) is 0 Å². The molecule has 0 saturated heterocycles. The number of pyridine rings is 2. The third-order valence-corrected chi connectivity index (χ3v) is 7.17. The average molecular weight is 535 g/mol. The second kappa shape index (κ2) is 13.3. The number of rotatable bonds is 6. The molecule has 0 spiro atoms. The van der Waals surface area contributed by atoms with Crippen molar-refractivity contribution < 1.29 is 22.3 Å². The standard InChI is InChI=1S/C10H10ClF2N3S.C9H10ClF2NS.FH/c1-7(17(2)16-6-14)8-3-4-9(15-5-8)10(11,12)13;1-6(14-2)7-3-4-8(13-5-7)9(10,11)12;/h3-5,7H,1-2H3;3-6H,1-2H3;1H. The Labute approximate surface area is 200 Å². The molecule has 0 aliphatic rings. The molecular formula is C19H21Cl2F5N4S2. The number of aromatic nitrogens is 2. The number of hydrogen-bond acceptors (Lipinski definition) is 5. The molecule has 32 heavy (non-hydrogen) atoms. The van der Waals surface area contributed by atoms with Gasteiger partial charge < -0.3 is 0 Å². The Hall–Kier alpha value is -1.48. The molecule has 0 bridgehead atoms. The van der Waals surface area contributed by atoms with Crippen LogP contribution in [0.3, 0.4) is 0 Å². The molecule has 4 nitrogen and oxygen atoms in total. The van der Waals surface area contributed by atoms with E-state index in [1.165, 1.54) is 30.6 Å². The Kier molecular flexibility index (Phi) is 12.7. The summed E-state index contributed by atoms with van der Waals surface area (Å²) < 4.78 is 54.3. The normalized spacial score (nSPS) is 14.3. The summed E-state index contributed by atoms with van der Waals surface area (Å²) in [5.74, 6) is 0. The van der Waals surface area contributed by atoms with Gasteiger partial charge in [-0.15, -0.1) is 0 Å². The summed E-state index contributed by atoms with van der Waals surface area (Å²) in [7, 11) is -0.490. The van der Waals surface area contributed by atoms with Crippen LogP contribution in [0, 0.1) is 11.5 Å². The zero-order valence-corrected chi connectivity index (χ0v) is 20.5. The van der Waals surface area contributed by atoms with Crippen molar-refractivity contribution in [1.82, 2.24) is 9.97 Å². The lowest BCUT2D eigenvalue weighted by atomic mass is 10.2. The summed E-state index contributed by atoms with van der Waals surface area (Å²) in [6.07, 6.45) is 8.26. The minimum Gasteiger partial charge on any atom is -0.269 e. The van der Waals surface area contributed by atoms with Gasteiger partial charge in [-0.05, 0) is 72.8 Å². The van der Waals surface area contributed by atoms with Crippen LogP contribution in [0.5, 0.6) is 0 Å². The summed E-state index contributed by atoms with van der Waals surface area (Å²) in [6.45, 7) is 3.85. The van der Waals surface area contributed by atoms with E-state index in [1.54, 1.807) is 30.3 Å². The lowest BCUT2D eigenvalue weighted by Crippen LogP contribution is -2.08. The number of thioether (sulfide) groups is 1. The topological polar surface area (TPSA) is 61.9 Å². The van der Waals surface area contributed by atoms with E-state index in [4.69, 9.17) is 28.5 Å². The lowest BCUT2D eigenvalue weighted by molar-refractivity contribution is 0.0894. The Morgan fingerprint density at radius 2 is 1.44 bits per heavy atom. The minimum absolute atomic E-state index is 0. The van der Waals surface area contributed by atoms with Crippen LogP contribution in [-0.4, -0.2) is 22.5 Å². The second-order valence-electron chi connectivity index (χ2n) is 6.18. The van der Waals surface area contributed by atoms with E-state index in [9.17, 15) is 17.6 Å². The molecule has 0 saturated carbocycles. The van der Waals surface area contributed by atoms with Crippen molar-refractivity contribution >= 4 is 45.7 Å². The zero-order chi connectivity index (χ0) is 23.8. The van der Waals surface area contributed by atoms with Gasteiger partial charge in [0.15, 0.2) is 0 Å². The predicted molar refractivity (Wildman–Crippen MR) is 122 cm³/mol. The van der Waals surface area contributed by atoms with Crippen LogP contribution in [-0.2, 0) is 21.5 Å². The van der Waals surface area contributed by atoms with Gasteiger partial charge in [-0.25, -0.2) is 0 Å². The van der Waals surface area contributed by atoms with E-state index in [2.05, 4.69) is 14.3 Å². The second-order valence-corrected chi connectivity index (χ2v) is 10.2. The van der Waals surface area contributed by atoms with Crippen LogP contribution < -0.4 is 0 Å². The molecule has 2 aromatic rings. The molecule has 0 aliphatic carbocycles. The van der Waals surface area contributed by atoms with Crippen molar-refractivity contribution in [1.29, 1.82) is 5.26 Å². The maximum Gasteiger partial charge on any atom is 0.364 e. The molecular weight excluding hydrogens is 514 g/mol. The van der Waals surface area contributed by atoms with E-state index in [1.807, 2.05) is 20.1 Å². The fraction of sp³-hybridized carbons (Fsp3) is 0.421. The molecule has 178 valence electrons. The monoisotopic (exact) mass is 534 g/mol. The summed E-state index contributed by atoms with van der Waals surface area (Å²) in [4.78, 5) is 7.24. The molecule has 0 aromatic carbocycles. The highest BCUT2D eigenvalue weighted by Gasteiger charge is 2.30. The SMILES string of the molecule is CC(c1ccc(C(F)(F)Cl)nc1)S(C)=NC#N.CSC(C)c1ccc(C(F)(F)Cl)nc1.F. The molecule has 2 rings (SSSR count). The number of hydrogen-bond donors (Lipinski definition) is 0. The van der Waals surface area contributed by atoms with Crippen molar-refractivity contribution in [3.8, 4) is 6.19 Å². The number of alkyl halides is 6. The molecule has 2 heterocycles. The fourth-order valence-electron chi connectivity index (χ4n) is 2.10. The fourth-order valence-corrected chi connectivity index (χ4v) is 3.56. The van der Waals surface area contributed by atoms with E-state index in [0.29, 0.717) is 0 Å². The molecule has 3 atom stereocenters. The van der Waals surface area contributed by atoms with Crippen molar-refractivity contribution in [3.05, 3.63) is 59.2 Å². The molecule has 0 amide bonds. The number of nitrogens with zero attached hydrogens (tertiary/aromatic N) is 4. The van der Waals surface area contributed by atoms with Gasteiger partial charge in [0, 0.05) is 22.9 Å². The molecule has 0 aliphatic heterocycles. The van der Waals surface area contributed by atoms with Gasteiger partial charge in [-0.2, -0.15) is 38.9 Å². The number of halogens is 7. The molecule has 0 fully saturated rings. The van der Waals surface area contributed by atoms with Gasteiger partial charge in [0.2, 0.25) is 6.19 Å². The van der Waals surface area contributed by atoms with Crippen LogP contribution >= 0.6 is 35.0 Å². The largest absolute Gasteiger partial charge is 0.364 e. The molecule has 0 N–H and O–H groups in total. The van der Waals surface area contributed by atoms with Crippen molar-refractivity contribution in [2.24, 2.45) is 4.36 Å². The molecule has 2 aromatic heterocycles. The Morgan fingerprint density at radius 3 is 1.75 bits per heavy atom. The molecule has 13 heteroatoms. The Balaban J connectivity index is 0.000000592. The predicted octanol–water partition coefficient (Wildman–Crippen LogP) is 7.29. The summed E-state index contributed by atoms with van der Waals surface area (Å²) in [6, 6.07) is 5.59. The van der Waals surface area contributed by atoms with Crippen LogP contribution in [0.4, 0.5) is 22.3 Å². The first-order chi connectivity index (χ1) is 14.3. The van der Waals surface area contributed by atoms with Gasteiger partial charge in [0.05, 0.1) is 0 Å². The summed E-state index contributed by atoms with van der Waals surface area (Å²) in [5.41, 5.74) is 0.779. The van der Waals surface area contributed by atoms with E-state index >= 15 is 0 Å². The van der Waals surface area contributed by atoms with Gasteiger partial charge >= 0.3 is 10.8 Å². The maximum atomic E-state index is 12.7. The van der Waals surface area contributed by atoms with Gasteiger partial charge in [-0.1, -0.05) is 22.8 Å². The van der Waals surface area contributed by atoms with Crippen LogP contribution in [0.2, 0.25) is 0 Å². The zero-order valence-electron chi connectivity index (χ0n) is 17.4. The summed E-state index contributed by atoms with van der Waals surface area (Å²) >= 11 is 11.3. The maximum absolute atomic E-state index is 12.7. The van der Waals surface area contributed by atoms with Crippen LogP contribution in [0.25, 0.3) is 0 Å². The molecule has 3 unspecified atom stereocenters. The number of nitriles is 1. The third-order valence-electron chi connectivity index (χ3n) is 4.14. The van der Waals surface area contributed by atoms with Crippen molar-refractivity contribution in [2.75, 3.05) is 12.5 Å². The van der Waals surface area contributed by atoms with E-state index < -0.39 is 32.8 Å². The Bertz CT molecular complexity index is 912. The van der Waals surface area contributed by atoms with Crippen molar-refractivity contribution in [2.45, 2.75) is 35.1 Å².